The number of nitrogens with one attached hydrogen (secondary N) is 2. The average Bonchev–Trinajstić information content (AvgIpc) is 3.18. The number of rotatable bonds is 5. The number of carbonyl (C=O) groups is 3. The Morgan fingerprint density at radius 1 is 1.23 bits per heavy atom. The molecule has 1 aliphatic rings. The van der Waals surface area contributed by atoms with Gasteiger partial charge in [0.1, 0.15) is 0 Å². The summed E-state index contributed by atoms with van der Waals surface area (Å²) in [6.07, 6.45) is 2.53. The molecular formula is C21H25FN4O4. The number of nitrogens with zero attached hydrogens (tertiary/aromatic N) is 2. The van der Waals surface area contributed by atoms with Crippen LogP contribution in [-0.4, -0.2) is 44.4 Å². The molecule has 0 aliphatic heterocycles. The number of aromatic nitrogens is 2. The van der Waals surface area contributed by atoms with E-state index in [1.807, 2.05) is 0 Å². The molecule has 2 atom stereocenters. The van der Waals surface area contributed by atoms with Crippen LogP contribution in [0.25, 0.3) is 0 Å². The first kappa shape index (κ1) is 21.6. The minimum absolute atomic E-state index is 0.107. The second-order valence-corrected chi connectivity index (χ2v) is 7.69. The fourth-order valence-corrected chi connectivity index (χ4v) is 3.90. The smallest absolute Gasteiger partial charge is 0.294 e. The maximum absolute atomic E-state index is 13.4. The van der Waals surface area contributed by atoms with Gasteiger partial charge in [-0.1, -0.05) is 0 Å². The summed E-state index contributed by atoms with van der Waals surface area (Å²) in [5, 5.41) is 15.1. The van der Waals surface area contributed by atoms with Crippen LogP contribution in [0.1, 0.15) is 56.9 Å². The number of anilines is 1. The van der Waals surface area contributed by atoms with Gasteiger partial charge < -0.3 is 20.3 Å². The minimum atomic E-state index is -0.810. The fraction of sp³-hybridized carbons (Fsp3) is 0.429. The highest BCUT2D eigenvalue weighted by atomic mass is 19.1. The van der Waals surface area contributed by atoms with E-state index < -0.39 is 35.7 Å². The highest BCUT2D eigenvalue weighted by Crippen LogP contribution is 2.24. The first-order valence-corrected chi connectivity index (χ1v) is 9.74. The summed E-state index contributed by atoms with van der Waals surface area (Å²) in [5.74, 6) is -2.68. The number of Topliss-reactive ketones (excluding diaryl/α,β-unsaturated/α-hetero) is 1. The van der Waals surface area contributed by atoms with Gasteiger partial charge in [-0.3, -0.25) is 14.4 Å². The summed E-state index contributed by atoms with van der Waals surface area (Å²) in [6.45, 7) is 4.81. The van der Waals surface area contributed by atoms with Gasteiger partial charge in [-0.05, 0) is 51.7 Å². The molecule has 0 spiro atoms. The Kier molecular flexibility index (Phi) is 6.02. The van der Waals surface area contributed by atoms with Crippen LogP contribution in [0.2, 0.25) is 0 Å². The van der Waals surface area contributed by atoms with E-state index in [9.17, 15) is 23.9 Å². The third-order valence-electron chi connectivity index (χ3n) is 5.65. The number of hydrogen-bond donors (Lipinski definition) is 3. The fourth-order valence-electron chi connectivity index (χ4n) is 3.90. The normalized spacial score (nSPS) is 18.3. The molecule has 0 radical (unpaired) electrons. The Labute approximate surface area is 173 Å². The largest absolute Gasteiger partial charge is 0.391 e. The second-order valence-electron chi connectivity index (χ2n) is 7.69. The van der Waals surface area contributed by atoms with Crippen LogP contribution in [-0.2, 0) is 11.8 Å². The van der Waals surface area contributed by atoms with Crippen molar-refractivity contribution in [1.82, 2.24) is 14.9 Å². The maximum Gasteiger partial charge on any atom is 0.294 e. The molecule has 0 saturated heterocycles. The molecule has 1 fully saturated rings. The maximum atomic E-state index is 13.4. The summed E-state index contributed by atoms with van der Waals surface area (Å²) < 4.78 is 14.9. The Morgan fingerprint density at radius 2 is 1.93 bits per heavy atom. The Bertz CT molecular complexity index is 1030. The van der Waals surface area contributed by atoms with Crippen molar-refractivity contribution < 1.29 is 23.9 Å². The third kappa shape index (κ3) is 3.97. The molecule has 1 saturated carbocycles. The van der Waals surface area contributed by atoms with Crippen LogP contribution in [0.5, 0.6) is 0 Å². The van der Waals surface area contributed by atoms with Crippen molar-refractivity contribution in [3.63, 3.8) is 0 Å². The Balaban J connectivity index is 1.85. The number of aryl methyl sites for hydroxylation is 1. The second kappa shape index (κ2) is 8.35. The van der Waals surface area contributed by atoms with E-state index in [-0.39, 0.29) is 16.8 Å². The van der Waals surface area contributed by atoms with Crippen molar-refractivity contribution >= 4 is 23.3 Å². The predicted octanol–water partition coefficient (Wildman–Crippen LogP) is 1.95. The monoisotopic (exact) mass is 416 g/mol. The Hall–Kier alpha value is -3.07. The van der Waals surface area contributed by atoms with E-state index in [0.29, 0.717) is 29.8 Å². The predicted molar refractivity (Wildman–Crippen MR) is 108 cm³/mol. The van der Waals surface area contributed by atoms with Crippen molar-refractivity contribution in [2.75, 3.05) is 5.32 Å². The van der Waals surface area contributed by atoms with Crippen LogP contribution in [0.3, 0.4) is 0 Å². The number of ketones is 1. The molecule has 3 N–H and O–H groups in total. The van der Waals surface area contributed by atoms with E-state index >= 15 is 0 Å². The van der Waals surface area contributed by atoms with Crippen LogP contribution >= 0.6 is 0 Å². The number of aliphatic hydroxyl groups excluding tert-OH is 1. The summed E-state index contributed by atoms with van der Waals surface area (Å²) >= 11 is 0. The van der Waals surface area contributed by atoms with Gasteiger partial charge in [0.2, 0.25) is 5.95 Å². The lowest BCUT2D eigenvalue weighted by Crippen LogP contribution is -2.43. The molecule has 9 heteroatoms. The molecule has 0 aromatic carbocycles. The molecule has 160 valence electrons. The number of pyridine rings is 1. The number of carbonyl (C=O) groups excluding carboxylic acids is 3. The van der Waals surface area contributed by atoms with Crippen LogP contribution in [0.15, 0.2) is 12.3 Å². The number of amides is 2. The van der Waals surface area contributed by atoms with Gasteiger partial charge in [0.05, 0.1) is 35.3 Å². The molecule has 2 amide bonds. The Morgan fingerprint density at radius 3 is 2.53 bits per heavy atom. The summed E-state index contributed by atoms with van der Waals surface area (Å²) in [5.41, 5.74) is 1.85. The molecule has 2 heterocycles. The molecule has 30 heavy (non-hydrogen) atoms. The van der Waals surface area contributed by atoms with Gasteiger partial charge in [0.15, 0.2) is 0 Å². The van der Waals surface area contributed by atoms with Crippen LogP contribution in [0, 0.1) is 26.7 Å². The molecule has 0 bridgehead atoms. The van der Waals surface area contributed by atoms with Crippen molar-refractivity contribution in [2.45, 2.75) is 52.2 Å². The van der Waals surface area contributed by atoms with Gasteiger partial charge in [-0.15, -0.1) is 0 Å². The third-order valence-corrected chi connectivity index (χ3v) is 5.65. The topological polar surface area (TPSA) is 113 Å². The van der Waals surface area contributed by atoms with Gasteiger partial charge in [0.25, 0.3) is 17.6 Å². The zero-order chi connectivity index (χ0) is 22.2. The molecule has 2 aromatic rings. The van der Waals surface area contributed by atoms with E-state index in [4.69, 9.17) is 0 Å². The number of hydrogen-bond acceptors (Lipinski definition) is 5. The first-order chi connectivity index (χ1) is 14.1. The van der Waals surface area contributed by atoms with Crippen molar-refractivity contribution in [2.24, 2.45) is 7.05 Å². The van der Waals surface area contributed by atoms with Crippen molar-refractivity contribution in [1.29, 1.82) is 0 Å². The molecule has 0 unspecified atom stereocenters. The average molecular weight is 416 g/mol. The molecule has 3 rings (SSSR count). The summed E-state index contributed by atoms with van der Waals surface area (Å²) in [6, 6.07) is 1.01. The quantitative estimate of drug-likeness (QED) is 0.392. The number of halogens is 1. The van der Waals surface area contributed by atoms with E-state index in [2.05, 4.69) is 15.6 Å². The van der Waals surface area contributed by atoms with Gasteiger partial charge >= 0.3 is 0 Å². The van der Waals surface area contributed by atoms with Crippen molar-refractivity contribution in [3.05, 3.63) is 46.3 Å². The standard InChI is InChI=1S/C21H25FN4O4/c1-10-8-13(9-23-19(10)22)24-20(29)16-11(2)17(26(4)12(16)3)18(28)21(30)25-14-6-5-7-15(14)27/h8-9,14-15,27H,5-7H2,1-4H3,(H,24,29)(H,25,30)/t14-,15-/m1/s1. The van der Waals surface area contributed by atoms with Crippen molar-refractivity contribution in [3.8, 4) is 0 Å². The lowest BCUT2D eigenvalue weighted by Gasteiger charge is -2.16. The first-order valence-electron chi connectivity index (χ1n) is 9.74. The van der Waals surface area contributed by atoms with E-state index in [0.717, 1.165) is 6.42 Å². The van der Waals surface area contributed by atoms with Crippen LogP contribution in [0.4, 0.5) is 10.1 Å². The highest BCUT2D eigenvalue weighted by molar-refractivity contribution is 6.43. The van der Waals surface area contributed by atoms with Gasteiger partial charge in [-0.25, -0.2) is 4.98 Å². The zero-order valence-electron chi connectivity index (χ0n) is 17.4. The highest BCUT2D eigenvalue weighted by Gasteiger charge is 2.32. The van der Waals surface area contributed by atoms with Crippen LogP contribution < -0.4 is 10.6 Å². The minimum Gasteiger partial charge on any atom is -0.391 e. The zero-order valence-corrected chi connectivity index (χ0v) is 17.4. The lowest BCUT2D eigenvalue weighted by molar-refractivity contribution is -0.118. The SMILES string of the molecule is Cc1cc(NC(=O)c2c(C)c(C(=O)C(=O)N[C@@H]3CCC[C@H]3O)n(C)c2C)cnc1F. The van der Waals surface area contributed by atoms with Gasteiger partial charge in [-0.2, -0.15) is 4.39 Å². The van der Waals surface area contributed by atoms with E-state index in [1.165, 1.54) is 23.8 Å². The van der Waals surface area contributed by atoms with Gasteiger partial charge in [0, 0.05) is 18.3 Å². The molecule has 8 nitrogen and oxygen atoms in total. The lowest BCUT2D eigenvalue weighted by atomic mass is 10.1. The summed E-state index contributed by atoms with van der Waals surface area (Å²) in [4.78, 5) is 41.7. The van der Waals surface area contributed by atoms with E-state index in [1.54, 1.807) is 20.9 Å². The summed E-state index contributed by atoms with van der Waals surface area (Å²) in [7, 11) is 1.60. The molecular weight excluding hydrogens is 391 g/mol. The number of aliphatic hydroxyl groups is 1. The molecule has 1 aliphatic carbocycles. The molecule has 2 aromatic heterocycles.